The average molecular weight is 389 g/mol. The maximum atomic E-state index is 12.9. The third kappa shape index (κ3) is 3.64. The van der Waals surface area contributed by atoms with Crippen LogP contribution < -0.4 is 10.9 Å². The first kappa shape index (κ1) is 17.3. The number of hydrogen-bond donors (Lipinski definition) is 2. The first-order chi connectivity index (χ1) is 14.3. The van der Waals surface area contributed by atoms with Crippen molar-refractivity contribution in [2.75, 3.05) is 5.32 Å². The van der Waals surface area contributed by atoms with Gasteiger partial charge in [0.25, 0.3) is 5.56 Å². The molecule has 1 saturated carbocycles. The number of aromatic nitrogens is 8. The van der Waals surface area contributed by atoms with Crippen molar-refractivity contribution in [3.05, 3.63) is 70.7 Å². The van der Waals surface area contributed by atoms with E-state index in [9.17, 15) is 4.79 Å². The summed E-state index contributed by atoms with van der Waals surface area (Å²) in [7, 11) is 0. The number of H-pyrrole nitrogens is 1. The van der Waals surface area contributed by atoms with Crippen LogP contribution in [0, 0.1) is 0 Å². The van der Waals surface area contributed by atoms with Crippen molar-refractivity contribution >= 4 is 11.6 Å². The van der Waals surface area contributed by atoms with E-state index in [1.54, 1.807) is 23.2 Å². The van der Waals surface area contributed by atoms with Crippen LogP contribution in [0.15, 0.2) is 53.7 Å². The maximum absolute atomic E-state index is 12.9. The Kier molecular flexibility index (Phi) is 4.35. The molecule has 1 aromatic carbocycles. The molecule has 2 N–H and O–H groups in total. The zero-order valence-corrected chi connectivity index (χ0v) is 15.6. The fourth-order valence-corrected chi connectivity index (χ4v) is 3.21. The zero-order valence-electron chi connectivity index (χ0n) is 15.6. The summed E-state index contributed by atoms with van der Waals surface area (Å²) in [5, 5.41) is 21.4. The summed E-state index contributed by atoms with van der Waals surface area (Å²) in [6.45, 7) is 0. The van der Waals surface area contributed by atoms with E-state index in [-0.39, 0.29) is 11.4 Å². The number of hydrogen-bond acceptors (Lipinski definition) is 7. The first-order valence-corrected chi connectivity index (χ1v) is 9.48. The van der Waals surface area contributed by atoms with Gasteiger partial charge >= 0.3 is 0 Å². The van der Waals surface area contributed by atoms with Gasteiger partial charge in [-0.1, -0.05) is 17.3 Å². The highest BCUT2D eigenvalue weighted by Crippen LogP contribution is 2.36. The molecule has 0 unspecified atom stereocenters. The fraction of sp³-hybridized carbons (Fsp3) is 0.263. The Morgan fingerprint density at radius 2 is 1.97 bits per heavy atom. The van der Waals surface area contributed by atoms with Gasteiger partial charge in [-0.05, 0) is 37.0 Å². The monoisotopic (exact) mass is 389 g/mol. The summed E-state index contributed by atoms with van der Waals surface area (Å²) in [5.41, 5.74) is 1.70. The molecule has 3 aromatic heterocycles. The minimum Gasteiger partial charge on any atom is -0.320 e. The van der Waals surface area contributed by atoms with Gasteiger partial charge in [0.1, 0.15) is 5.82 Å². The number of anilines is 2. The molecule has 0 amide bonds. The number of nitrogens with one attached hydrogen (secondary N) is 2. The molecule has 10 heteroatoms. The molecule has 1 fully saturated rings. The molecule has 5 rings (SSSR count). The number of aromatic amines is 1. The van der Waals surface area contributed by atoms with Crippen LogP contribution in [0.2, 0.25) is 0 Å². The van der Waals surface area contributed by atoms with E-state index in [2.05, 4.69) is 36.0 Å². The van der Waals surface area contributed by atoms with Crippen molar-refractivity contribution in [3.63, 3.8) is 0 Å². The Morgan fingerprint density at radius 1 is 1.10 bits per heavy atom. The Hall–Kier alpha value is -3.82. The molecule has 0 atom stereocenters. The van der Waals surface area contributed by atoms with E-state index in [4.69, 9.17) is 0 Å². The summed E-state index contributed by atoms with van der Waals surface area (Å²) >= 11 is 0. The lowest BCUT2D eigenvalue weighted by atomic mass is 10.1. The highest BCUT2D eigenvalue weighted by Gasteiger charge is 2.26. The molecule has 1 aliphatic carbocycles. The second kappa shape index (κ2) is 7.30. The highest BCUT2D eigenvalue weighted by atomic mass is 16.1. The lowest BCUT2D eigenvalue weighted by Gasteiger charge is -2.11. The van der Waals surface area contributed by atoms with Gasteiger partial charge in [0, 0.05) is 30.6 Å². The lowest BCUT2D eigenvalue weighted by molar-refractivity contribution is 0.649. The van der Waals surface area contributed by atoms with Crippen molar-refractivity contribution in [2.45, 2.75) is 31.7 Å². The molecular formula is C19H19N9O. The van der Waals surface area contributed by atoms with E-state index in [1.807, 2.05) is 35.0 Å². The van der Waals surface area contributed by atoms with Crippen LogP contribution in [0.3, 0.4) is 0 Å². The summed E-state index contributed by atoms with van der Waals surface area (Å²) in [6.07, 6.45) is 8.74. The predicted octanol–water partition coefficient (Wildman–Crippen LogP) is 1.81. The molecule has 0 spiro atoms. The molecule has 0 aliphatic heterocycles. The van der Waals surface area contributed by atoms with Gasteiger partial charge in [0.15, 0.2) is 11.6 Å². The first-order valence-electron chi connectivity index (χ1n) is 9.48. The second-order valence-electron chi connectivity index (χ2n) is 6.96. The maximum Gasteiger partial charge on any atom is 0.298 e. The van der Waals surface area contributed by atoms with Crippen LogP contribution in [0.4, 0.5) is 11.6 Å². The van der Waals surface area contributed by atoms with Crippen LogP contribution in [-0.2, 0) is 12.8 Å². The van der Waals surface area contributed by atoms with Gasteiger partial charge in [-0.2, -0.15) is 10.3 Å². The number of rotatable bonds is 7. The summed E-state index contributed by atoms with van der Waals surface area (Å²) < 4.78 is 3.49. The van der Waals surface area contributed by atoms with Gasteiger partial charge < -0.3 is 5.32 Å². The van der Waals surface area contributed by atoms with Crippen molar-refractivity contribution in [1.29, 1.82) is 0 Å². The summed E-state index contributed by atoms with van der Waals surface area (Å²) in [5.74, 6) is 1.74. The van der Waals surface area contributed by atoms with E-state index in [1.165, 1.54) is 0 Å². The number of nitrogens with zero attached hydrogens (tertiary/aromatic N) is 7. The molecule has 0 saturated heterocycles. The van der Waals surface area contributed by atoms with E-state index in [0.29, 0.717) is 18.3 Å². The van der Waals surface area contributed by atoms with Gasteiger partial charge in [-0.25, -0.2) is 9.67 Å². The third-order valence-electron chi connectivity index (χ3n) is 4.89. The van der Waals surface area contributed by atoms with Gasteiger partial charge in [0.2, 0.25) is 0 Å². The van der Waals surface area contributed by atoms with Crippen molar-refractivity contribution in [1.82, 2.24) is 40.0 Å². The molecule has 0 bridgehead atoms. The second-order valence-corrected chi connectivity index (χ2v) is 6.96. The normalized spacial score (nSPS) is 13.5. The molecule has 1 aliphatic rings. The SMILES string of the molecule is O=c1c(Nc2ccnn2C2CC2)nccn1-c1ccc(CCc2nn[nH]n2)cc1. The van der Waals surface area contributed by atoms with Crippen LogP contribution in [0.25, 0.3) is 5.69 Å². The number of tetrazole rings is 1. The molecule has 10 nitrogen and oxygen atoms in total. The van der Waals surface area contributed by atoms with Crippen LogP contribution >= 0.6 is 0 Å². The smallest absolute Gasteiger partial charge is 0.298 e. The van der Waals surface area contributed by atoms with E-state index >= 15 is 0 Å². The van der Waals surface area contributed by atoms with Crippen LogP contribution in [0.1, 0.15) is 30.3 Å². The number of aryl methyl sites for hydroxylation is 2. The average Bonchev–Trinajstić information content (AvgIpc) is 3.25. The fourth-order valence-electron chi connectivity index (χ4n) is 3.21. The minimum absolute atomic E-state index is 0.212. The third-order valence-corrected chi connectivity index (χ3v) is 4.89. The quantitative estimate of drug-likeness (QED) is 0.495. The summed E-state index contributed by atoms with van der Waals surface area (Å²) in [6, 6.07) is 10.1. The van der Waals surface area contributed by atoms with Gasteiger partial charge in [-0.3, -0.25) is 9.36 Å². The predicted molar refractivity (Wildman–Crippen MR) is 105 cm³/mol. The molecule has 146 valence electrons. The zero-order chi connectivity index (χ0) is 19.6. The Morgan fingerprint density at radius 3 is 2.72 bits per heavy atom. The Balaban J connectivity index is 1.35. The lowest BCUT2D eigenvalue weighted by Crippen LogP contribution is -2.22. The number of benzene rings is 1. The van der Waals surface area contributed by atoms with E-state index in [0.717, 1.165) is 36.3 Å². The highest BCUT2D eigenvalue weighted by molar-refractivity contribution is 5.51. The van der Waals surface area contributed by atoms with Crippen LogP contribution in [0.5, 0.6) is 0 Å². The van der Waals surface area contributed by atoms with E-state index < -0.39 is 0 Å². The largest absolute Gasteiger partial charge is 0.320 e. The van der Waals surface area contributed by atoms with Crippen LogP contribution in [-0.4, -0.2) is 40.0 Å². The standard InChI is InChI=1S/C19H19N9O/c29-19-18(22-17-9-10-21-28(17)15-6-7-15)20-11-12-27(19)14-4-1-13(2-5-14)3-8-16-23-25-26-24-16/h1-2,4-5,9-12,15H,3,6-8H2,(H,20,22)(H,23,24,25,26). The van der Waals surface area contributed by atoms with Crippen molar-refractivity contribution in [3.8, 4) is 5.69 Å². The molecule has 4 aromatic rings. The molecule has 3 heterocycles. The van der Waals surface area contributed by atoms with Crippen molar-refractivity contribution in [2.24, 2.45) is 0 Å². The molecule has 29 heavy (non-hydrogen) atoms. The summed E-state index contributed by atoms with van der Waals surface area (Å²) in [4.78, 5) is 17.2. The van der Waals surface area contributed by atoms with Gasteiger partial charge in [-0.15, -0.1) is 10.2 Å². The molecular weight excluding hydrogens is 370 g/mol. The Bertz CT molecular complexity index is 1160. The Labute approximate surface area is 165 Å². The molecule has 0 radical (unpaired) electrons. The topological polar surface area (TPSA) is 119 Å². The van der Waals surface area contributed by atoms with Gasteiger partial charge in [0.05, 0.1) is 12.2 Å². The van der Waals surface area contributed by atoms with Crippen molar-refractivity contribution < 1.29 is 0 Å². The minimum atomic E-state index is -0.212.